The summed E-state index contributed by atoms with van der Waals surface area (Å²) in [6.45, 7) is 0.420. The molecule has 6 rings (SSSR count). The average Bonchev–Trinajstić information content (AvgIpc) is 3.40. The van der Waals surface area contributed by atoms with Crippen LogP contribution in [-0.4, -0.2) is 24.7 Å². The molecule has 0 aliphatic rings. The Hall–Kier alpha value is -4.32. The number of para-hydroxylation sites is 3. The molecule has 3 aromatic heterocycles. The molecule has 0 amide bonds. The fourth-order valence-electron chi connectivity index (χ4n) is 3.81. The maximum absolute atomic E-state index is 5.89. The summed E-state index contributed by atoms with van der Waals surface area (Å²) >= 11 is 0. The largest absolute Gasteiger partial charge is 0.419 e. The predicted molar refractivity (Wildman–Crippen MR) is 121 cm³/mol. The lowest BCUT2D eigenvalue weighted by Gasteiger charge is -2.03. The van der Waals surface area contributed by atoms with Crippen LogP contribution in [0.15, 0.2) is 83.3 Å². The second kappa shape index (κ2) is 7.18. The Bertz CT molecular complexity index is 1560. The van der Waals surface area contributed by atoms with E-state index >= 15 is 0 Å². The van der Waals surface area contributed by atoms with Gasteiger partial charge >= 0.3 is 0 Å². The lowest BCUT2D eigenvalue weighted by Crippen LogP contribution is -2.01. The minimum Gasteiger partial charge on any atom is -0.419 e. The molecule has 0 saturated heterocycles. The van der Waals surface area contributed by atoms with Crippen LogP contribution >= 0.6 is 0 Å². The Morgan fingerprint density at radius 3 is 2.35 bits per heavy atom. The quantitative estimate of drug-likeness (QED) is 0.397. The van der Waals surface area contributed by atoms with Crippen molar-refractivity contribution in [1.29, 1.82) is 0 Å². The van der Waals surface area contributed by atoms with Gasteiger partial charge < -0.3 is 8.98 Å². The molecule has 6 aromatic rings. The van der Waals surface area contributed by atoms with Gasteiger partial charge in [-0.05, 0) is 29.8 Å². The molecule has 0 saturated carbocycles. The molecule has 0 aliphatic carbocycles. The first-order valence-corrected chi connectivity index (χ1v) is 10.0. The first-order chi connectivity index (χ1) is 15.3. The van der Waals surface area contributed by atoms with Crippen LogP contribution in [0.4, 0.5) is 0 Å². The maximum atomic E-state index is 5.89. The topological polar surface area (TPSA) is 69.6 Å². The fraction of sp³-hybridized carbons (Fsp3) is 0.0400. The van der Waals surface area contributed by atoms with Crippen LogP contribution in [-0.2, 0) is 6.54 Å². The van der Waals surface area contributed by atoms with E-state index in [1.165, 1.54) is 0 Å². The molecule has 31 heavy (non-hydrogen) atoms. The third kappa shape index (κ3) is 3.14. The van der Waals surface area contributed by atoms with Crippen molar-refractivity contribution < 1.29 is 4.42 Å². The van der Waals surface area contributed by atoms with Crippen LogP contribution in [0.2, 0.25) is 0 Å². The third-order valence-electron chi connectivity index (χ3n) is 5.25. The van der Waals surface area contributed by atoms with E-state index in [2.05, 4.69) is 26.9 Å². The SMILES string of the molecule is C(=C\c1nnc(Cn2c3ccccc3c3nc4ccccc4nc32)o1)/c1ccccc1. The predicted octanol–water partition coefficient (Wildman–Crippen LogP) is 5.34. The van der Waals surface area contributed by atoms with Gasteiger partial charge in [-0.15, -0.1) is 10.2 Å². The lowest BCUT2D eigenvalue weighted by atomic mass is 10.2. The summed E-state index contributed by atoms with van der Waals surface area (Å²) in [5, 5.41) is 9.47. The Morgan fingerprint density at radius 2 is 1.48 bits per heavy atom. The van der Waals surface area contributed by atoms with Crippen molar-refractivity contribution in [3.63, 3.8) is 0 Å². The Balaban J connectivity index is 1.42. The highest BCUT2D eigenvalue weighted by Gasteiger charge is 2.16. The highest BCUT2D eigenvalue weighted by molar-refractivity contribution is 6.06. The number of rotatable bonds is 4. The Morgan fingerprint density at radius 1 is 0.742 bits per heavy atom. The molecule has 3 heterocycles. The summed E-state index contributed by atoms with van der Waals surface area (Å²) in [5.41, 5.74) is 5.52. The standard InChI is InChI=1S/C25H17N5O/c1-2-8-17(9-3-1)14-15-22-28-29-23(31-22)16-30-21-13-7-4-10-18(21)24-25(30)27-20-12-6-5-11-19(20)26-24/h1-15H,16H2/b15-14+. The second-order valence-electron chi connectivity index (χ2n) is 7.27. The number of fused-ring (bicyclic) bond motifs is 4. The van der Waals surface area contributed by atoms with E-state index in [-0.39, 0.29) is 0 Å². The van der Waals surface area contributed by atoms with E-state index in [1.807, 2.05) is 78.9 Å². The normalized spacial score (nSPS) is 11.9. The van der Waals surface area contributed by atoms with Gasteiger partial charge in [-0.2, -0.15) is 0 Å². The summed E-state index contributed by atoms with van der Waals surface area (Å²) in [4.78, 5) is 9.77. The van der Waals surface area contributed by atoms with E-state index in [9.17, 15) is 0 Å². The number of nitrogens with zero attached hydrogens (tertiary/aromatic N) is 5. The summed E-state index contributed by atoms with van der Waals surface area (Å²) in [6.07, 6.45) is 3.78. The molecule has 0 fully saturated rings. The molecule has 0 unspecified atom stereocenters. The van der Waals surface area contributed by atoms with Crippen molar-refractivity contribution >= 4 is 45.3 Å². The highest BCUT2D eigenvalue weighted by Crippen LogP contribution is 2.28. The molecule has 6 heteroatoms. The number of aromatic nitrogens is 5. The summed E-state index contributed by atoms with van der Waals surface area (Å²) < 4.78 is 7.97. The number of benzene rings is 3. The second-order valence-corrected chi connectivity index (χ2v) is 7.27. The van der Waals surface area contributed by atoms with Crippen molar-refractivity contribution in [1.82, 2.24) is 24.7 Å². The van der Waals surface area contributed by atoms with Crippen LogP contribution in [0.25, 0.3) is 45.3 Å². The number of hydrogen-bond acceptors (Lipinski definition) is 5. The van der Waals surface area contributed by atoms with Crippen LogP contribution in [0.5, 0.6) is 0 Å². The average molecular weight is 403 g/mol. The van der Waals surface area contributed by atoms with Gasteiger partial charge in [0, 0.05) is 11.5 Å². The molecular weight excluding hydrogens is 386 g/mol. The van der Waals surface area contributed by atoms with E-state index in [1.54, 1.807) is 0 Å². The molecule has 0 aliphatic heterocycles. The van der Waals surface area contributed by atoms with Gasteiger partial charge in [0.1, 0.15) is 12.1 Å². The van der Waals surface area contributed by atoms with Gasteiger partial charge in [-0.3, -0.25) is 0 Å². The van der Waals surface area contributed by atoms with Gasteiger partial charge in [0.2, 0.25) is 11.8 Å². The fourth-order valence-corrected chi connectivity index (χ4v) is 3.81. The monoisotopic (exact) mass is 403 g/mol. The molecule has 0 bridgehead atoms. The van der Waals surface area contributed by atoms with E-state index < -0.39 is 0 Å². The van der Waals surface area contributed by atoms with Gasteiger partial charge in [-0.25, -0.2) is 9.97 Å². The zero-order valence-corrected chi connectivity index (χ0v) is 16.5. The lowest BCUT2D eigenvalue weighted by molar-refractivity contribution is 0.475. The molecule has 148 valence electrons. The molecule has 3 aromatic carbocycles. The van der Waals surface area contributed by atoms with Crippen molar-refractivity contribution in [2.75, 3.05) is 0 Å². The summed E-state index contributed by atoms with van der Waals surface area (Å²) in [7, 11) is 0. The van der Waals surface area contributed by atoms with Crippen molar-refractivity contribution in [3.05, 3.63) is 96.2 Å². The minimum absolute atomic E-state index is 0.420. The van der Waals surface area contributed by atoms with E-state index in [0.29, 0.717) is 18.3 Å². The Labute approximate surface area is 177 Å². The first kappa shape index (κ1) is 17.5. The smallest absolute Gasteiger partial charge is 0.240 e. The van der Waals surface area contributed by atoms with Crippen molar-refractivity contribution in [2.24, 2.45) is 0 Å². The Kier molecular flexibility index (Phi) is 4.06. The summed E-state index contributed by atoms with van der Waals surface area (Å²) in [6, 6.07) is 26.1. The maximum Gasteiger partial charge on any atom is 0.240 e. The van der Waals surface area contributed by atoms with Gasteiger partial charge in [0.25, 0.3) is 0 Å². The highest BCUT2D eigenvalue weighted by atomic mass is 16.4. The third-order valence-corrected chi connectivity index (χ3v) is 5.25. The molecule has 0 radical (unpaired) electrons. The van der Waals surface area contributed by atoms with Crippen molar-refractivity contribution in [2.45, 2.75) is 6.54 Å². The van der Waals surface area contributed by atoms with E-state index in [0.717, 1.165) is 38.7 Å². The van der Waals surface area contributed by atoms with Crippen molar-refractivity contribution in [3.8, 4) is 0 Å². The van der Waals surface area contributed by atoms with Gasteiger partial charge in [0.05, 0.1) is 16.6 Å². The van der Waals surface area contributed by atoms with Crippen LogP contribution in [0, 0.1) is 0 Å². The molecule has 6 nitrogen and oxygen atoms in total. The zero-order chi connectivity index (χ0) is 20.6. The molecule has 0 atom stereocenters. The first-order valence-electron chi connectivity index (χ1n) is 10.0. The minimum atomic E-state index is 0.420. The molecule has 0 N–H and O–H groups in total. The van der Waals surface area contributed by atoms with Crippen LogP contribution in [0.3, 0.4) is 0 Å². The van der Waals surface area contributed by atoms with Crippen LogP contribution < -0.4 is 0 Å². The zero-order valence-electron chi connectivity index (χ0n) is 16.5. The van der Waals surface area contributed by atoms with E-state index in [4.69, 9.17) is 14.4 Å². The number of hydrogen-bond donors (Lipinski definition) is 0. The molecular formula is C25H17N5O. The molecule has 0 spiro atoms. The van der Waals surface area contributed by atoms with Crippen LogP contribution in [0.1, 0.15) is 17.3 Å². The summed E-state index contributed by atoms with van der Waals surface area (Å²) in [5.74, 6) is 0.987. The van der Waals surface area contributed by atoms with Gasteiger partial charge in [-0.1, -0.05) is 60.7 Å². The van der Waals surface area contributed by atoms with Gasteiger partial charge in [0.15, 0.2) is 5.65 Å².